The van der Waals surface area contributed by atoms with Crippen LogP contribution in [0.4, 0.5) is 0 Å². The molecule has 3 aromatic rings. The second kappa shape index (κ2) is 6.80. The molecule has 0 atom stereocenters. The Morgan fingerprint density at radius 3 is 2.85 bits per heavy atom. The van der Waals surface area contributed by atoms with Gasteiger partial charge in [-0.25, -0.2) is 0 Å². The van der Waals surface area contributed by atoms with E-state index in [1.807, 2.05) is 25.1 Å². The summed E-state index contributed by atoms with van der Waals surface area (Å²) in [6, 6.07) is 13.5. The summed E-state index contributed by atoms with van der Waals surface area (Å²) in [6.07, 6.45) is 3.88. The van der Waals surface area contributed by atoms with Gasteiger partial charge in [0.2, 0.25) is 5.78 Å². The van der Waals surface area contributed by atoms with Gasteiger partial charge in [-0.05, 0) is 43.7 Å². The fourth-order valence-corrected chi connectivity index (χ4v) is 3.26. The van der Waals surface area contributed by atoms with Crippen molar-refractivity contribution in [3.63, 3.8) is 0 Å². The Morgan fingerprint density at radius 1 is 1.26 bits per heavy atom. The summed E-state index contributed by atoms with van der Waals surface area (Å²) >= 11 is 0. The highest BCUT2D eigenvalue weighted by atomic mass is 16.5. The van der Waals surface area contributed by atoms with Gasteiger partial charge in [0.05, 0.1) is 5.56 Å². The van der Waals surface area contributed by atoms with Gasteiger partial charge in [0.1, 0.15) is 18.1 Å². The van der Waals surface area contributed by atoms with E-state index in [0.717, 1.165) is 28.6 Å². The van der Waals surface area contributed by atoms with Crippen molar-refractivity contribution in [1.82, 2.24) is 4.57 Å². The number of aryl methyl sites for hydroxylation is 1. The molecule has 0 bridgehead atoms. The third-order valence-corrected chi connectivity index (χ3v) is 4.57. The van der Waals surface area contributed by atoms with Gasteiger partial charge in [-0.1, -0.05) is 24.8 Å². The van der Waals surface area contributed by atoms with Crippen LogP contribution < -0.4 is 9.47 Å². The number of Topliss-reactive ketones (excluding diaryl/α,β-unsaturated/α-hetero) is 1. The Balaban J connectivity index is 1.67. The number of carbonyl (C=O) groups is 1. The Labute approximate surface area is 158 Å². The second-order valence-electron chi connectivity index (χ2n) is 6.73. The van der Waals surface area contributed by atoms with Crippen LogP contribution in [0.1, 0.15) is 29.8 Å². The van der Waals surface area contributed by atoms with E-state index in [9.17, 15) is 4.79 Å². The van der Waals surface area contributed by atoms with Crippen LogP contribution in [-0.2, 0) is 6.54 Å². The number of fused-ring (bicyclic) bond motifs is 2. The summed E-state index contributed by atoms with van der Waals surface area (Å²) in [7, 11) is 0. The minimum atomic E-state index is -0.107. The first-order valence-corrected chi connectivity index (χ1v) is 9.00. The number of ketones is 1. The van der Waals surface area contributed by atoms with Gasteiger partial charge in [-0.15, -0.1) is 0 Å². The molecule has 0 unspecified atom stereocenters. The number of rotatable bonds is 5. The molecular formula is C23H21NO3. The molecule has 0 radical (unpaired) electrons. The lowest BCUT2D eigenvalue weighted by atomic mass is 10.1. The van der Waals surface area contributed by atoms with Crippen molar-refractivity contribution >= 4 is 22.8 Å². The number of para-hydroxylation sites is 1. The van der Waals surface area contributed by atoms with Gasteiger partial charge in [-0.2, -0.15) is 0 Å². The molecule has 2 heterocycles. The SMILES string of the molecule is C=C(C)COc1ccc2c(c1)O/C(=C\c1cn(CC)c3ccccc13)C2=O. The molecular weight excluding hydrogens is 338 g/mol. The first-order chi connectivity index (χ1) is 13.1. The Bertz CT molecular complexity index is 1090. The van der Waals surface area contributed by atoms with E-state index in [0.29, 0.717) is 29.4 Å². The van der Waals surface area contributed by atoms with Gasteiger partial charge in [-0.3, -0.25) is 4.79 Å². The zero-order chi connectivity index (χ0) is 19.0. The number of ether oxygens (including phenoxy) is 2. The quantitative estimate of drug-likeness (QED) is 0.462. The maximum atomic E-state index is 12.7. The molecule has 0 saturated heterocycles. The van der Waals surface area contributed by atoms with Gasteiger partial charge in [0, 0.05) is 35.3 Å². The maximum Gasteiger partial charge on any atom is 0.231 e. The number of benzene rings is 2. The minimum absolute atomic E-state index is 0.107. The average molecular weight is 359 g/mol. The summed E-state index contributed by atoms with van der Waals surface area (Å²) < 4.78 is 13.7. The molecule has 0 fully saturated rings. The van der Waals surface area contributed by atoms with Gasteiger partial charge >= 0.3 is 0 Å². The number of nitrogens with zero attached hydrogens (tertiary/aromatic N) is 1. The Kier molecular flexibility index (Phi) is 4.32. The molecule has 136 valence electrons. The smallest absolute Gasteiger partial charge is 0.231 e. The van der Waals surface area contributed by atoms with E-state index in [1.165, 1.54) is 0 Å². The van der Waals surface area contributed by atoms with Crippen LogP contribution in [0.2, 0.25) is 0 Å². The molecule has 0 spiro atoms. The molecule has 4 rings (SSSR count). The van der Waals surface area contributed by atoms with Crippen molar-refractivity contribution in [1.29, 1.82) is 0 Å². The fraction of sp³-hybridized carbons (Fsp3) is 0.174. The lowest BCUT2D eigenvalue weighted by Gasteiger charge is -2.06. The van der Waals surface area contributed by atoms with E-state index in [1.54, 1.807) is 18.2 Å². The van der Waals surface area contributed by atoms with Crippen molar-refractivity contribution in [2.24, 2.45) is 0 Å². The monoisotopic (exact) mass is 359 g/mol. The summed E-state index contributed by atoms with van der Waals surface area (Å²) in [5.41, 5.74) is 3.61. The molecule has 1 aliphatic heterocycles. The van der Waals surface area contributed by atoms with Crippen molar-refractivity contribution in [2.45, 2.75) is 20.4 Å². The minimum Gasteiger partial charge on any atom is -0.489 e. The molecule has 2 aromatic carbocycles. The summed E-state index contributed by atoms with van der Waals surface area (Å²) in [5, 5.41) is 1.10. The predicted molar refractivity (Wildman–Crippen MR) is 107 cm³/mol. The largest absolute Gasteiger partial charge is 0.489 e. The number of allylic oxidation sites excluding steroid dienone is 1. The number of hydrogen-bond donors (Lipinski definition) is 0. The van der Waals surface area contributed by atoms with Gasteiger partial charge < -0.3 is 14.0 Å². The standard InChI is InChI=1S/C23H21NO3/c1-4-24-13-16(18-7-5-6-8-20(18)24)11-22-23(25)19-10-9-17(12-21(19)27-22)26-14-15(2)3/h5-13H,2,4,14H2,1,3H3/b22-11-. The van der Waals surface area contributed by atoms with E-state index in [-0.39, 0.29) is 5.78 Å². The van der Waals surface area contributed by atoms with E-state index in [2.05, 4.69) is 36.4 Å². The van der Waals surface area contributed by atoms with Crippen LogP contribution in [0.25, 0.3) is 17.0 Å². The number of aromatic nitrogens is 1. The van der Waals surface area contributed by atoms with Crippen LogP contribution in [0.3, 0.4) is 0 Å². The molecule has 4 nitrogen and oxygen atoms in total. The van der Waals surface area contributed by atoms with Crippen LogP contribution in [-0.4, -0.2) is 17.0 Å². The van der Waals surface area contributed by atoms with Crippen molar-refractivity contribution in [3.05, 3.63) is 77.7 Å². The first kappa shape index (κ1) is 17.2. The second-order valence-corrected chi connectivity index (χ2v) is 6.73. The maximum absolute atomic E-state index is 12.7. The average Bonchev–Trinajstić information content (AvgIpc) is 3.18. The molecule has 1 aliphatic rings. The molecule has 27 heavy (non-hydrogen) atoms. The number of hydrogen-bond acceptors (Lipinski definition) is 3. The highest BCUT2D eigenvalue weighted by molar-refractivity contribution is 6.15. The lowest BCUT2D eigenvalue weighted by Crippen LogP contribution is -1.98. The molecule has 4 heteroatoms. The van der Waals surface area contributed by atoms with E-state index < -0.39 is 0 Å². The fourth-order valence-electron chi connectivity index (χ4n) is 3.26. The van der Waals surface area contributed by atoms with Crippen molar-refractivity contribution in [2.75, 3.05) is 6.61 Å². The Hall–Kier alpha value is -3.27. The summed E-state index contributed by atoms with van der Waals surface area (Å²) in [4.78, 5) is 12.7. The first-order valence-electron chi connectivity index (χ1n) is 9.00. The zero-order valence-corrected chi connectivity index (χ0v) is 15.5. The normalized spacial score (nSPS) is 14.4. The van der Waals surface area contributed by atoms with Gasteiger partial charge in [0.15, 0.2) is 5.76 Å². The summed E-state index contributed by atoms with van der Waals surface area (Å²) in [6.45, 7) is 9.13. The third kappa shape index (κ3) is 3.14. The number of carbonyl (C=O) groups excluding carboxylic acids is 1. The topological polar surface area (TPSA) is 40.5 Å². The van der Waals surface area contributed by atoms with Crippen LogP contribution in [0.15, 0.2) is 66.6 Å². The molecule has 0 aliphatic carbocycles. The van der Waals surface area contributed by atoms with Crippen LogP contribution in [0.5, 0.6) is 11.5 Å². The Morgan fingerprint density at radius 2 is 2.07 bits per heavy atom. The van der Waals surface area contributed by atoms with Crippen LogP contribution in [0, 0.1) is 0 Å². The van der Waals surface area contributed by atoms with E-state index >= 15 is 0 Å². The van der Waals surface area contributed by atoms with Crippen LogP contribution >= 0.6 is 0 Å². The van der Waals surface area contributed by atoms with Gasteiger partial charge in [0.25, 0.3) is 0 Å². The summed E-state index contributed by atoms with van der Waals surface area (Å²) in [5.74, 6) is 1.42. The highest BCUT2D eigenvalue weighted by Crippen LogP contribution is 2.35. The molecule has 0 amide bonds. The predicted octanol–water partition coefficient (Wildman–Crippen LogP) is 5.23. The molecule has 0 N–H and O–H groups in total. The zero-order valence-electron chi connectivity index (χ0n) is 15.5. The van der Waals surface area contributed by atoms with Crippen molar-refractivity contribution in [3.8, 4) is 11.5 Å². The molecule has 1 aromatic heterocycles. The van der Waals surface area contributed by atoms with E-state index in [4.69, 9.17) is 9.47 Å². The lowest BCUT2D eigenvalue weighted by molar-refractivity contribution is 0.101. The van der Waals surface area contributed by atoms with Crippen molar-refractivity contribution < 1.29 is 14.3 Å². The molecule has 0 saturated carbocycles. The third-order valence-electron chi connectivity index (χ3n) is 4.57. The highest BCUT2D eigenvalue weighted by Gasteiger charge is 2.28.